The fourth-order valence-electron chi connectivity index (χ4n) is 2.69. The molecule has 1 heterocycles. The molecule has 1 atom stereocenters. The molecule has 6 heteroatoms. The van der Waals surface area contributed by atoms with Crippen LogP contribution in [0.3, 0.4) is 0 Å². The van der Waals surface area contributed by atoms with Gasteiger partial charge in [-0.2, -0.15) is 4.80 Å². The average molecular weight is 350 g/mol. The Morgan fingerprint density at radius 3 is 2.42 bits per heavy atom. The van der Waals surface area contributed by atoms with Crippen molar-refractivity contribution in [2.45, 2.75) is 32.9 Å². The fraction of sp³-hybridized carbons (Fsp3) is 0.250. The predicted molar refractivity (Wildman–Crippen MR) is 99.0 cm³/mol. The molecule has 3 rings (SSSR count). The van der Waals surface area contributed by atoms with Gasteiger partial charge in [-0.1, -0.05) is 49.4 Å². The summed E-state index contributed by atoms with van der Waals surface area (Å²) in [5, 5.41) is 21.0. The molecule has 2 N–H and O–H groups in total. The van der Waals surface area contributed by atoms with E-state index in [1.807, 2.05) is 61.5 Å². The van der Waals surface area contributed by atoms with Crippen molar-refractivity contribution in [3.63, 3.8) is 0 Å². The average Bonchev–Trinajstić information content (AvgIpc) is 3.13. The Kier molecular flexibility index (Phi) is 5.43. The van der Waals surface area contributed by atoms with Crippen molar-refractivity contribution in [2.24, 2.45) is 0 Å². The highest BCUT2D eigenvalue weighted by atomic mass is 16.3. The van der Waals surface area contributed by atoms with E-state index in [4.69, 9.17) is 0 Å². The lowest BCUT2D eigenvalue weighted by atomic mass is 10.1. The largest absolute Gasteiger partial charge is 0.390 e. The van der Waals surface area contributed by atoms with Crippen LogP contribution in [0.25, 0.3) is 5.69 Å². The number of hydrogen-bond donors (Lipinski definition) is 2. The first-order valence-corrected chi connectivity index (χ1v) is 8.64. The van der Waals surface area contributed by atoms with Crippen LogP contribution in [0.15, 0.2) is 54.6 Å². The summed E-state index contributed by atoms with van der Waals surface area (Å²) >= 11 is 0. The van der Waals surface area contributed by atoms with Crippen LogP contribution in [0.5, 0.6) is 0 Å². The zero-order chi connectivity index (χ0) is 18.5. The summed E-state index contributed by atoms with van der Waals surface area (Å²) in [6.07, 6.45) is 0.944. The van der Waals surface area contributed by atoms with Crippen molar-refractivity contribution in [3.8, 4) is 5.69 Å². The van der Waals surface area contributed by atoms with Crippen LogP contribution in [0.4, 0.5) is 0 Å². The topological polar surface area (TPSA) is 80.0 Å². The molecule has 0 bridgehead atoms. The number of benzene rings is 2. The Morgan fingerprint density at radius 2 is 1.81 bits per heavy atom. The van der Waals surface area contributed by atoms with Crippen LogP contribution in [0.1, 0.15) is 47.2 Å². The minimum absolute atomic E-state index is 0.134. The molecule has 0 saturated carbocycles. The van der Waals surface area contributed by atoms with Crippen molar-refractivity contribution in [1.82, 2.24) is 20.3 Å². The van der Waals surface area contributed by atoms with E-state index in [1.54, 1.807) is 0 Å². The van der Waals surface area contributed by atoms with E-state index >= 15 is 0 Å². The number of hydrogen-bond acceptors (Lipinski definition) is 4. The molecule has 26 heavy (non-hydrogen) atoms. The highest BCUT2D eigenvalue weighted by Crippen LogP contribution is 2.15. The van der Waals surface area contributed by atoms with Crippen molar-refractivity contribution >= 4 is 5.91 Å². The first-order chi connectivity index (χ1) is 12.6. The summed E-state index contributed by atoms with van der Waals surface area (Å²) in [6.45, 7) is 3.64. The molecule has 0 spiro atoms. The van der Waals surface area contributed by atoms with Gasteiger partial charge in [0.25, 0.3) is 5.91 Å². The number of amides is 1. The molecule has 0 fully saturated rings. The van der Waals surface area contributed by atoms with Gasteiger partial charge < -0.3 is 10.4 Å². The minimum Gasteiger partial charge on any atom is -0.390 e. The summed E-state index contributed by atoms with van der Waals surface area (Å²) in [5.74, 6) is -0.359. The molecule has 0 aliphatic rings. The van der Waals surface area contributed by atoms with Gasteiger partial charge in [-0.3, -0.25) is 4.79 Å². The molecule has 0 saturated heterocycles. The van der Waals surface area contributed by atoms with Gasteiger partial charge in [0.15, 0.2) is 5.69 Å². The third-order valence-electron chi connectivity index (χ3n) is 4.27. The zero-order valence-electron chi connectivity index (χ0n) is 14.9. The lowest BCUT2D eigenvalue weighted by molar-refractivity contribution is 0.0931. The number of aliphatic hydroxyl groups excluding tert-OH is 1. The molecular formula is C20H22N4O2. The molecule has 1 amide bonds. The highest BCUT2D eigenvalue weighted by molar-refractivity contribution is 5.93. The Hall–Kier alpha value is -2.99. The minimum atomic E-state index is -0.359. The summed E-state index contributed by atoms with van der Waals surface area (Å²) in [4.78, 5) is 14.0. The first-order valence-electron chi connectivity index (χ1n) is 8.64. The molecule has 2 aromatic carbocycles. The van der Waals surface area contributed by atoms with E-state index in [9.17, 15) is 9.90 Å². The maximum absolute atomic E-state index is 12.6. The van der Waals surface area contributed by atoms with Gasteiger partial charge in [0, 0.05) is 0 Å². The summed E-state index contributed by atoms with van der Waals surface area (Å²) in [5.41, 5.74) is 3.33. The number of carbonyl (C=O) groups excluding carboxylic acids is 1. The monoisotopic (exact) mass is 350 g/mol. The normalized spacial score (nSPS) is 12.0. The van der Waals surface area contributed by atoms with Gasteiger partial charge in [-0.15, -0.1) is 10.2 Å². The van der Waals surface area contributed by atoms with Crippen LogP contribution in [-0.2, 0) is 13.0 Å². The zero-order valence-corrected chi connectivity index (χ0v) is 14.9. The lowest BCUT2D eigenvalue weighted by Gasteiger charge is -2.13. The Labute approximate surface area is 152 Å². The summed E-state index contributed by atoms with van der Waals surface area (Å²) in [7, 11) is 0. The Bertz CT molecular complexity index is 873. The third kappa shape index (κ3) is 3.81. The number of rotatable bonds is 6. The molecule has 3 aromatic rings. The maximum atomic E-state index is 12.6. The molecule has 134 valence electrons. The molecule has 0 aliphatic heterocycles. The van der Waals surface area contributed by atoms with Crippen LogP contribution < -0.4 is 5.32 Å². The number of nitrogens with one attached hydrogen (secondary N) is 1. The van der Waals surface area contributed by atoms with Gasteiger partial charge in [0.2, 0.25) is 0 Å². The predicted octanol–water partition coefficient (Wildman–Crippen LogP) is 2.81. The second kappa shape index (κ2) is 7.93. The standard InChI is InChI=1S/C20H22N4O2/c1-3-15-9-11-17(12-10-15)24-22-18(13-25)19(23-24)20(26)21-14(2)16-7-5-4-6-8-16/h4-12,14,25H,3,13H2,1-2H3,(H,21,26)/t14-/m0/s1. The van der Waals surface area contributed by atoms with Gasteiger partial charge in [-0.05, 0) is 36.6 Å². The van der Waals surface area contributed by atoms with Crippen LogP contribution in [-0.4, -0.2) is 26.0 Å². The maximum Gasteiger partial charge on any atom is 0.274 e. The van der Waals surface area contributed by atoms with Gasteiger partial charge in [0.05, 0.1) is 18.3 Å². The van der Waals surface area contributed by atoms with Crippen LogP contribution in [0.2, 0.25) is 0 Å². The van der Waals surface area contributed by atoms with Gasteiger partial charge in [0.1, 0.15) is 5.69 Å². The molecule has 1 aromatic heterocycles. The van der Waals surface area contributed by atoms with Crippen molar-refractivity contribution in [2.75, 3.05) is 0 Å². The second-order valence-corrected chi connectivity index (χ2v) is 6.07. The number of aryl methyl sites for hydroxylation is 1. The van der Waals surface area contributed by atoms with Crippen LogP contribution >= 0.6 is 0 Å². The van der Waals surface area contributed by atoms with Gasteiger partial charge >= 0.3 is 0 Å². The van der Waals surface area contributed by atoms with E-state index in [0.29, 0.717) is 0 Å². The third-order valence-corrected chi connectivity index (χ3v) is 4.27. The van der Waals surface area contributed by atoms with Crippen molar-refractivity contribution in [3.05, 3.63) is 77.1 Å². The van der Waals surface area contributed by atoms with Gasteiger partial charge in [-0.25, -0.2) is 0 Å². The van der Waals surface area contributed by atoms with E-state index in [2.05, 4.69) is 22.4 Å². The molecule has 0 radical (unpaired) electrons. The number of aliphatic hydroxyl groups is 1. The Morgan fingerprint density at radius 1 is 1.12 bits per heavy atom. The Balaban J connectivity index is 1.82. The molecule has 0 unspecified atom stereocenters. The summed E-state index contributed by atoms with van der Waals surface area (Å²) in [6, 6.07) is 17.3. The summed E-state index contributed by atoms with van der Waals surface area (Å²) < 4.78 is 0. The lowest BCUT2D eigenvalue weighted by Crippen LogP contribution is -2.28. The SMILES string of the molecule is CCc1ccc(-n2nc(CO)c(C(=O)N[C@@H](C)c3ccccc3)n2)cc1. The van der Waals surface area contributed by atoms with E-state index < -0.39 is 0 Å². The fourth-order valence-corrected chi connectivity index (χ4v) is 2.69. The number of aromatic nitrogens is 3. The highest BCUT2D eigenvalue weighted by Gasteiger charge is 2.20. The van der Waals surface area contributed by atoms with Crippen molar-refractivity contribution in [1.29, 1.82) is 0 Å². The first kappa shape index (κ1) is 17.8. The van der Waals surface area contributed by atoms with Crippen LogP contribution in [0, 0.1) is 0 Å². The van der Waals surface area contributed by atoms with E-state index in [-0.39, 0.29) is 29.9 Å². The second-order valence-electron chi connectivity index (χ2n) is 6.07. The van der Waals surface area contributed by atoms with Crippen molar-refractivity contribution < 1.29 is 9.90 Å². The molecular weight excluding hydrogens is 328 g/mol. The molecule has 0 aliphatic carbocycles. The molecule has 6 nitrogen and oxygen atoms in total. The number of nitrogens with zero attached hydrogens (tertiary/aromatic N) is 3. The number of carbonyl (C=O) groups is 1. The smallest absolute Gasteiger partial charge is 0.274 e. The quantitative estimate of drug-likeness (QED) is 0.716. The van der Waals surface area contributed by atoms with E-state index in [1.165, 1.54) is 10.4 Å². The van der Waals surface area contributed by atoms with E-state index in [0.717, 1.165) is 17.7 Å².